The van der Waals surface area contributed by atoms with Gasteiger partial charge < -0.3 is 30.5 Å². The SMILES string of the molecule is Cc1ccc(NC(=O)c2cncc(NC(=O)c3ccc(-c4cccs4)s3)c2)cc1Nc1nccc(-c2ccc(OCC(=O)N3CCN(C)CC3)cc2)n1. The van der Waals surface area contributed by atoms with Crippen LogP contribution in [0, 0.1) is 6.92 Å². The van der Waals surface area contributed by atoms with E-state index in [-0.39, 0.29) is 29.9 Å². The fraction of sp³-hybridized carbons (Fsp3) is 0.179. The van der Waals surface area contributed by atoms with E-state index in [1.165, 1.54) is 23.7 Å². The Labute approximate surface area is 314 Å². The molecule has 14 heteroatoms. The Balaban J connectivity index is 0.957. The van der Waals surface area contributed by atoms with Gasteiger partial charge in [-0.3, -0.25) is 19.4 Å². The smallest absolute Gasteiger partial charge is 0.265 e. The molecule has 5 heterocycles. The lowest BCUT2D eigenvalue weighted by molar-refractivity contribution is -0.134. The molecule has 1 saturated heterocycles. The van der Waals surface area contributed by atoms with E-state index in [0.29, 0.717) is 52.4 Å². The van der Waals surface area contributed by atoms with Crippen LogP contribution in [-0.2, 0) is 4.79 Å². The van der Waals surface area contributed by atoms with Gasteiger partial charge in [-0.1, -0.05) is 12.1 Å². The number of aromatic nitrogens is 3. The summed E-state index contributed by atoms with van der Waals surface area (Å²) in [7, 11) is 2.05. The summed E-state index contributed by atoms with van der Waals surface area (Å²) in [6.45, 7) is 5.09. The Kier molecular flexibility index (Phi) is 10.8. The van der Waals surface area contributed by atoms with Crippen molar-refractivity contribution in [2.75, 3.05) is 55.8 Å². The zero-order chi connectivity index (χ0) is 36.7. The molecule has 1 fully saturated rings. The molecule has 53 heavy (non-hydrogen) atoms. The highest BCUT2D eigenvalue weighted by atomic mass is 32.1. The number of carbonyl (C=O) groups excluding carboxylic acids is 3. The van der Waals surface area contributed by atoms with Gasteiger partial charge in [-0.15, -0.1) is 22.7 Å². The molecule has 1 aliphatic rings. The van der Waals surface area contributed by atoms with Gasteiger partial charge in [-0.25, -0.2) is 9.97 Å². The number of hydrogen-bond acceptors (Lipinski definition) is 11. The second-order valence-corrected chi connectivity index (χ2v) is 14.5. The van der Waals surface area contributed by atoms with Crippen molar-refractivity contribution < 1.29 is 19.1 Å². The normalized spacial score (nSPS) is 13.0. The monoisotopic (exact) mass is 744 g/mol. The summed E-state index contributed by atoms with van der Waals surface area (Å²) in [5.74, 6) is 0.320. The number of aryl methyl sites for hydroxylation is 1. The molecular formula is C39H36N8O4S2. The Hall–Kier alpha value is -5.96. The fourth-order valence-electron chi connectivity index (χ4n) is 5.59. The summed E-state index contributed by atoms with van der Waals surface area (Å²) in [6.07, 6.45) is 4.63. The van der Waals surface area contributed by atoms with Crippen molar-refractivity contribution in [3.05, 3.63) is 119 Å². The molecule has 12 nitrogen and oxygen atoms in total. The van der Waals surface area contributed by atoms with Crippen LogP contribution >= 0.6 is 22.7 Å². The number of carbonyl (C=O) groups is 3. The number of pyridine rings is 1. The lowest BCUT2D eigenvalue weighted by Gasteiger charge is -2.32. The molecule has 4 aromatic heterocycles. The first kappa shape index (κ1) is 35.4. The number of hydrogen-bond donors (Lipinski definition) is 3. The minimum atomic E-state index is -0.381. The van der Waals surface area contributed by atoms with Gasteiger partial charge in [0.05, 0.1) is 28.0 Å². The van der Waals surface area contributed by atoms with E-state index >= 15 is 0 Å². The number of ether oxygens (including phenoxy) is 1. The molecule has 0 unspecified atom stereocenters. The quantitative estimate of drug-likeness (QED) is 0.127. The van der Waals surface area contributed by atoms with Crippen LogP contribution in [0.1, 0.15) is 25.6 Å². The van der Waals surface area contributed by atoms with Crippen molar-refractivity contribution in [3.8, 4) is 26.8 Å². The average molecular weight is 745 g/mol. The van der Waals surface area contributed by atoms with Crippen LogP contribution in [-0.4, -0.2) is 82.3 Å². The average Bonchev–Trinajstić information content (AvgIpc) is 3.90. The maximum absolute atomic E-state index is 13.3. The van der Waals surface area contributed by atoms with E-state index in [2.05, 4.69) is 37.9 Å². The standard InChI is InChI=1S/C39H36N8O4S2/c1-25-5-8-28(42-37(49)27-20-29(23-40-22-27)43-38(50)35-12-11-34(53-35)33-4-3-19-52-33)21-32(25)45-39-41-14-13-31(44-39)26-6-9-30(10-7-26)51-24-36(48)47-17-15-46(2)16-18-47/h3-14,19-23H,15-18,24H2,1-2H3,(H,42,49)(H,43,50)(H,41,44,45). The van der Waals surface area contributed by atoms with E-state index in [1.54, 1.807) is 41.8 Å². The fourth-order valence-corrected chi connectivity index (χ4v) is 7.32. The van der Waals surface area contributed by atoms with E-state index < -0.39 is 0 Å². The van der Waals surface area contributed by atoms with Crippen LogP contribution in [0.25, 0.3) is 21.0 Å². The van der Waals surface area contributed by atoms with Crippen molar-refractivity contribution in [1.29, 1.82) is 0 Å². The van der Waals surface area contributed by atoms with Crippen molar-refractivity contribution in [3.63, 3.8) is 0 Å². The predicted molar refractivity (Wildman–Crippen MR) is 209 cm³/mol. The van der Waals surface area contributed by atoms with E-state index in [9.17, 15) is 14.4 Å². The van der Waals surface area contributed by atoms with Crippen molar-refractivity contribution in [2.24, 2.45) is 0 Å². The van der Waals surface area contributed by atoms with E-state index in [1.807, 2.05) is 71.8 Å². The topological polar surface area (TPSA) is 142 Å². The Morgan fingerprint density at radius 3 is 2.45 bits per heavy atom. The lowest BCUT2D eigenvalue weighted by Crippen LogP contribution is -2.48. The highest BCUT2D eigenvalue weighted by Gasteiger charge is 2.19. The van der Waals surface area contributed by atoms with Crippen molar-refractivity contribution >= 4 is 63.4 Å². The maximum Gasteiger partial charge on any atom is 0.265 e. The third-order valence-corrected chi connectivity index (χ3v) is 10.8. The second-order valence-electron chi connectivity index (χ2n) is 12.4. The third kappa shape index (κ3) is 8.92. The molecule has 0 saturated carbocycles. The zero-order valence-corrected chi connectivity index (χ0v) is 30.7. The molecule has 6 aromatic rings. The molecular weight excluding hydrogens is 709 g/mol. The molecule has 0 radical (unpaired) electrons. The number of piperazine rings is 1. The number of anilines is 4. The molecule has 1 aliphatic heterocycles. The van der Waals surface area contributed by atoms with Gasteiger partial charge in [-0.2, -0.15) is 0 Å². The molecule has 268 valence electrons. The van der Waals surface area contributed by atoms with Gasteiger partial charge >= 0.3 is 0 Å². The van der Waals surface area contributed by atoms with Crippen LogP contribution < -0.4 is 20.7 Å². The lowest BCUT2D eigenvalue weighted by atomic mass is 10.1. The number of thiophene rings is 2. The highest BCUT2D eigenvalue weighted by molar-refractivity contribution is 7.22. The molecule has 3 N–H and O–H groups in total. The maximum atomic E-state index is 13.3. The van der Waals surface area contributed by atoms with Crippen molar-refractivity contribution in [1.82, 2.24) is 24.8 Å². The summed E-state index contributed by atoms with van der Waals surface area (Å²) in [5, 5.41) is 11.0. The Morgan fingerprint density at radius 2 is 1.66 bits per heavy atom. The molecule has 0 bridgehead atoms. The van der Waals surface area contributed by atoms with Gasteiger partial charge in [0.25, 0.3) is 17.7 Å². The minimum Gasteiger partial charge on any atom is -0.484 e. The molecule has 0 spiro atoms. The number of rotatable bonds is 11. The Bertz CT molecular complexity index is 2230. The first-order chi connectivity index (χ1) is 25.8. The summed E-state index contributed by atoms with van der Waals surface area (Å²) >= 11 is 3.03. The Morgan fingerprint density at radius 1 is 0.849 bits per heavy atom. The van der Waals surface area contributed by atoms with E-state index in [4.69, 9.17) is 9.72 Å². The van der Waals surface area contributed by atoms with Gasteiger partial charge in [0, 0.05) is 65.3 Å². The van der Waals surface area contributed by atoms with Crippen LogP contribution in [0.5, 0.6) is 5.75 Å². The molecule has 3 amide bonds. The summed E-state index contributed by atoms with van der Waals surface area (Å²) in [4.78, 5) is 58.8. The van der Waals surface area contributed by atoms with Crippen LogP contribution in [0.15, 0.2) is 103 Å². The van der Waals surface area contributed by atoms with Crippen LogP contribution in [0.2, 0.25) is 0 Å². The first-order valence-corrected chi connectivity index (χ1v) is 18.6. The molecule has 2 aromatic carbocycles. The number of nitrogens with one attached hydrogen (secondary N) is 3. The predicted octanol–water partition coefficient (Wildman–Crippen LogP) is 7.04. The van der Waals surface area contributed by atoms with Gasteiger partial charge in [0.15, 0.2) is 6.61 Å². The summed E-state index contributed by atoms with van der Waals surface area (Å²) < 4.78 is 5.77. The van der Waals surface area contributed by atoms with Crippen LogP contribution in [0.4, 0.5) is 23.0 Å². The van der Waals surface area contributed by atoms with Crippen LogP contribution in [0.3, 0.4) is 0 Å². The minimum absolute atomic E-state index is 0.00151. The van der Waals surface area contributed by atoms with E-state index in [0.717, 1.165) is 34.0 Å². The van der Waals surface area contributed by atoms with Gasteiger partial charge in [0.1, 0.15) is 5.75 Å². The molecule has 7 rings (SSSR count). The summed E-state index contributed by atoms with van der Waals surface area (Å²) in [6, 6.07) is 24.0. The molecule has 0 atom stereocenters. The third-order valence-electron chi connectivity index (χ3n) is 8.62. The first-order valence-electron chi connectivity index (χ1n) is 16.9. The molecule has 0 aliphatic carbocycles. The number of nitrogens with zero attached hydrogens (tertiary/aromatic N) is 5. The number of benzene rings is 2. The van der Waals surface area contributed by atoms with Gasteiger partial charge in [0.2, 0.25) is 5.95 Å². The highest BCUT2D eigenvalue weighted by Crippen LogP contribution is 2.32. The van der Waals surface area contributed by atoms with Crippen molar-refractivity contribution in [2.45, 2.75) is 6.92 Å². The second kappa shape index (κ2) is 16.2. The summed E-state index contributed by atoms with van der Waals surface area (Å²) in [5.41, 5.74) is 4.45. The largest absolute Gasteiger partial charge is 0.484 e. The zero-order valence-electron chi connectivity index (χ0n) is 29.0. The number of amides is 3. The number of likely N-dealkylation sites (N-methyl/N-ethyl adjacent to an activating group) is 1. The van der Waals surface area contributed by atoms with Gasteiger partial charge in [-0.05, 0) is 91.6 Å².